The predicted octanol–water partition coefficient (Wildman–Crippen LogP) is 7.12. The molecule has 2 atom stereocenters. The van der Waals surface area contributed by atoms with Crippen LogP contribution in [0.2, 0.25) is 0 Å². The van der Waals surface area contributed by atoms with E-state index in [-0.39, 0.29) is 18.6 Å². The average Bonchev–Trinajstić information content (AvgIpc) is 3.28. The Kier molecular flexibility index (Phi) is 18.9. The summed E-state index contributed by atoms with van der Waals surface area (Å²) in [4.78, 5) is 10.0. The fourth-order valence-electron chi connectivity index (χ4n) is 4.47. The van der Waals surface area contributed by atoms with Gasteiger partial charge in [-0.15, -0.1) is 0 Å². The van der Waals surface area contributed by atoms with Crippen LogP contribution in [0, 0.1) is 5.41 Å². The molecule has 0 saturated carbocycles. The number of quaternary nitrogens is 1. The highest BCUT2D eigenvalue weighted by molar-refractivity contribution is 7.47. The average molecular weight is 537 g/mol. The Morgan fingerprint density at radius 1 is 0.778 bits per heavy atom. The molecule has 0 aromatic carbocycles. The molecule has 1 rings (SSSR count). The van der Waals surface area contributed by atoms with E-state index in [0.717, 1.165) is 19.4 Å². The molecule has 1 aliphatic rings. The number of unbranched alkanes of at least 4 members (excludes halogenated alkanes) is 14. The van der Waals surface area contributed by atoms with E-state index in [4.69, 9.17) is 18.5 Å². The zero-order valence-electron chi connectivity index (χ0n) is 24.1. The molecule has 2 unspecified atom stereocenters. The quantitative estimate of drug-likeness (QED) is 0.0761. The molecular formula is C28H59NO6P+. The van der Waals surface area contributed by atoms with Gasteiger partial charge in [0.1, 0.15) is 13.2 Å². The first-order chi connectivity index (χ1) is 17.2. The molecule has 0 spiro atoms. The van der Waals surface area contributed by atoms with E-state index >= 15 is 0 Å². The molecule has 8 heteroatoms. The molecule has 36 heavy (non-hydrogen) atoms. The Morgan fingerprint density at radius 3 is 1.78 bits per heavy atom. The summed E-state index contributed by atoms with van der Waals surface area (Å²) in [7, 11) is 1.95. The van der Waals surface area contributed by atoms with Gasteiger partial charge in [0.15, 0.2) is 0 Å². The lowest BCUT2D eigenvalue weighted by Crippen LogP contribution is -2.37. The van der Waals surface area contributed by atoms with Gasteiger partial charge in [0.2, 0.25) is 0 Å². The summed E-state index contributed by atoms with van der Waals surface area (Å²) < 4.78 is 34.9. The Hall–Kier alpha value is -0.0100. The molecule has 1 saturated heterocycles. The van der Waals surface area contributed by atoms with E-state index in [1.807, 2.05) is 21.1 Å². The molecule has 0 radical (unpaired) electrons. The summed E-state index contributed by atoms with van der Waals surface area (Å²) in [6, 6.07) is 0. The molecule has 0 amide bonds. The van der Waals surface area contributed by atoms with Crippen LogP contribution in [0.4, 0.5) is 0 Å². The van der Waals surface area contributed by atoms with Gasteiger partial charge < -0.3 is 18.9 Å². The van der Waals surface area contributed by atoms with Crippen LogP contribution in [0.1, 0.15) is 110 Å². The van der Waals surface area contributed by atoms with Crippen molar-refractivity contribution in [2.75, 3.05) is 67.3 Å². The van der Waals surface area contributed by atoms with Crippen molar-refractivity contribution in [3.05, 3.63) is 0 Å². The topological polar surface area (TPSA) is 74.2 Å². The molecule has 7 nitrogen and oxygen atoms in total. The monoisotopic (exact) mass is 536 g/mol. The Labute approximate surface area is 222 Å². The van der Waals surface area contributed by atoms with E-state index in [1.165, 1.54) is 89.9 Å². The van der Waals surface area contributed by atoms with E-state index in [0.29, 0.717) is 30.8 Å². The van der Waals surface area contributed by atoms with Crippen molar-refractivity contribution in [2.45, 2.75) is 110 Å². The molecular weight excluding hydrogens is 477 g/mol. The summed E-state index contributed by atoms with van der Waals surface area (Å²) in [5, 5.41) is 0. The first-order valence-corrected chi connectivity index (χ1v) is 16.3. The van der Waals surface area contributed by atoms with E-state index < -0.39 is 7.82 Å². The highest BCUT2D eigenvalue weighted by Crippen LogP contribution is 2.45. The van der Waals surface area contributed by atoms with Crippen molar-refractivity contribution in [1.82, 2.24) is 0 Å². The number of ether oxygens (including phenoxy) is 2. The lowest BCUT2D eigenvalue weighted by atomic mass is 9.90. The number of nitrogens with zero attached hydrogens (tertiary/aromatic N) is 1. The maximum Gasteiger partial charge on any atom is 0.472 e. The fourth-order valence-corrected chi connectivity index (χ4v) is 5.29. The van der Waals surface area contributed by atoms with E-state index in [9.17, 15) is 9.46 Å². The summed E-state index contributed by atoms with van der Waals surface area (Å²) in [5.41, 5.74) is -0.364. The van der Waals surface area contributed by atoms with Crippen LogP contribution in [-0.2, 0) is 23.1 Å². The van der Waals surface area contributed by atoms with Gasteiger partial charge in [-0.3, -0.25) is 9.05 Å². The molecule has 1 aliphatic heterocycles. The van der Waals surface area contributed by atoms with Crippen molar-refractivity contribution < 1.29 is 32.5 Å². The molecule has 0 aromatic rings. The normalized spacial score (nSPS) is 20.1. The lowest BCUT2D eigenvalue weighted by Gasteiger charge is -2.28. The number of phosphoric acid groups is 1. The third kappa shape index (κ3) is 19.1. The number of hydrogen-bond acceptors (Lipinski definition) is 5. The van der Waals surface area contributed by atoms with Crippen LogP contribution in [0.5, 0.6) is 0 Å². The molecule has 0 bridgehead atoms. The van der Waals surface area contributed by atoms with Crippen molar-refractivity contribution in [2.24, 2.45) is 5.41 Å². The number of phosphoric ester groups is 1. The Morgan fingerprint density at radius 2 is 1.31 bits per heavy atom. The van der Waals surface area contributed by atoms with Crippen molar-refractivity contribution in [3.8, 4) is 0 Å². The first-order valence-electron chi connectivity index (χ1n) is 14.8. The third-order valence-electron chi connectivity index (χ3n) is 7.04. The van der Waals surface area contributed by atoms with Crippen LogP contribution in [-0.4, -0.2) is 76.7 Å². The molecule has 1 N–H and O–H groups in total. The predicted molar refractivity (Wildman–Crippen MR) is 148 cm³/mol. The third-order valence-corrected chi connectivity index (χ3v) is 8.00. The van der Waals surface area contributed by atoms with Crippen molar-refractivity contribution >= 4 is 7.82 Å². The van der Waals surface area contributed by atoms with Gasteiger partial charge >= 0.3 is 7.82 Å². The van der Waals surface area contributed by atoms with Gasteiger partial charge in [-0.05, 0) is 12.8 Å². The highest BCUT2D eigenvalue weighted by atomic mass is 31.2. The Bertz CT molecular complexity index is 563. The van der Waals surface area contributed by atoms with Crippen molar-refractivity contribution in [1.29, 1.82) is 0 Å². The van der Waals surface area contributed by atoms with Crippen LogP contribution in [0.15, 0.2) is 0 Å². The van der Waals surface area contributed by atoms with E-state index in [2.05, 4.69) is 6.92 Å². The van der Waals surface area contributed by atoms with Crippen LogP contribution in [0.25, 0.3) is 0 Å². The SMILES string of the molecule is CCCCCCCCCCCCCCCCCOCC1(COP(=O)(O)OCC[N+](C)(C)C)CCOC1. The summed E-state index contributed by atoms with van der Waals surface area (Å²) in [5.74, 6) is 0. The summed E-state index contributed by atoms with van der Waals surface area (Å²) >= 11 is 0. The van der Waals surface area contributed by atoms with Crippen LogP contribution < -0.4 is 0 Å². The Balaban J connectivity index is 2.01. The second kappa shape index (κ2) is 20.0. The zero-order chi connectivity index (χ0) is 26.6. The molecule has 0 aromatic heterocycles. The second-order valence-corrected chi connectivity index (χ2v) is 13.3. The maximum absolute atomic E-state index is 12.3. The highest BCUT2D eigenvalue weighted by Gasteiger charge is 2.38. The molecule has 1 heterocycles. The lowest BCUT2D eigenvalue weighted by molar-refractivity contribution is -0.870. The zero-order valence-corrected chi connectivity index (χ0v) is 25.0. The second-order valence-electron chi connectivity index (χ2n) is 11.9. The van der Waals surface area contributed by atoms with Gasteiger partial charge in [0.25, 0.3) is 0 Å². The fraction of sp³-hybridized carbons (Fsp3) is 1.00. The number of hydrogen-bond donors (Lipinski definition) is 1. The molecule has 0 aliphatic carbocycles. The minimum Gasteiger partial charge on any atom is -0.381 e. The minimum atomic E-state index is -4.07. The largest absolute Gasteiger partial charge is 0.472 e. The minimum absolute atomic E-state index is 0.115. The maximum atomic E-state index is 12.3. The van der Waals surface area contributed by atoms with Gasteiger partial charge in [0, 0.05) is 18.6 Å². The first kappa shape index (κ1) is 34.0. The van der Waals surface area contributed by atoms with Gasteiger partial charge in [-0.2, -0.15) is 0 Å². The number of likely N-dealkylation sites (N-methyl/N-ethyl adjacent to an activating group) is 1. The molecule has 1 fully saturated rings. The molecule has 216 valence electrons. The number of rotatable bonds is 25. The van der Waals surface area contributed by atoms with Crippen LogP contribution in [0.3, 0.4) is 0 Å². The van der Waals surface area contributed by atoms with Gasteiger partial charge in [-0.25, -0.2) is 4.57 Å². The van der Waals surface area contributed by atoms with Gasteiger partial charge in [-0.1, -0.05) is 96.8 Å². The standard InChI is InChI=1S/C28H58NO6P/c1-5-6-7-8-9-10-11-12-13-14-15-16-17-18-19-22-32-25-28(20-23-33-26-28)27-35-36(30,31)34-24-21-29(2,3)4/h5-27H2,1-4H3/p+1. The van der Waals surface area contributed by atoms with Crippen molar-refractivity contribution in [3.63, 3.8) is 0 Å². The smallest absolute Gasteiger partial charge is 0.381 e. The van der Waals surface area contributed by atoms with Crippen LogP contribution >= 0.6 is 7.82 Å². The van der Waals surface area contributed by atoms with E-state index in [1.54, 1.807) is 0 Å². The summed E-state index contributed by atoms with van der Waals surface area (Å²) in [6.07, 6.45) is 21.0. The summed E-state index contributed by atoms with van der Waals surface area (Å²) in [6.45, 7) is 5.53. The van der Waals surface area contributed by atoms with Gasteiger partial charge in [0.05, 0.1) is 41.0 Å².